The highest BCUT2D eigenvalue weighted by atomic mass is 32.2. The van der Waals surface area contributed by atoms with Crippen LogP contribution in [0.2, 0.25) is 0 Å². The molecule has 0 spiro atoms. The van der Waals surface area contributed by atoms with Crippen LogP contribution >= 0.6 is 0 Å². The molecule has 1 aliphatic heterocycles. The molecular formula is C35H38F5N5O3S. The van der Waals surface area contributed by atoms with Crippen molar-refractivity contribution in [3.05, 3.63) is 101 Å². The smallest absolute Gasteiger partial charge is 0.416 e. The van der Waals surface area contributed by atoms with E-state index in [4.69, 9.17) is 9.47 Å². The Kier molecular flexibility index (Phi) is 11.1. The molecule has 0 N–H and O–H groups in total. The van der Waals surface area contributed by atoms with Crippen LogP contribution in [0.5, 0.6) is 11.5 Å². The SMILES string of the molecule is COc1ccc(CN(c2ncccn2)S(=O)c2c(F)cc(N3CCCC(CCc4cccc(C(F)(F)F)c4)(N(C)C)C3)cc2F)c(OC)c1. The Balaban J connectivity index is 1.41. The van der Waals surface area contributed by atoms with Crippen LogP contribution in [0.4, 0.5) is 33.6 Å². The maximum atomic E-state index is 16.0. The Bertz CT molecular complexity index is 1760. The fourth-order valence-electron chi connectivity index (χ4n) is 6.17. The minimum absolute atomic E-state index is 0.00542. The molecule has 5 rings (SSSR count). The first-order valence-corrected chi connectivity index (χ1v) is 16.7. The summed E-state index contributed by atoms with van der Waals surface area (Å²) in [5.74, 6) is -1.06. The summed E-state index contributed by atoms with van der Waals surface area (Å²) in [6.07, 6.45) is 0.819. The van der Waals surface area contributed by atoms with Gasteiger partial charge in [-0.05, 0) is 81.7 Å². The number of methoxy groups -OCH3 is 2. The number of piperidine rings is 1. The maximum Gasteiger partial charge on any atom is 0.416 e. The van der Waals surface area contributed by atoms with Crippen LogP contribution in [0.25, 0.3) is 0 Å². The van der Waals surface area contributed by atoms with Crippen LogP contribution < -0.4 is 18.7 Å². The number of aromatic nitrogens is 2. The summed E-state index contributed by atoms with van der Waals surface area (Å²) in [7, 11) is 4.36. The molecule has 262 valence electrons. The monoisotopic (exact) mass is 703 g/mol. The Hall–Kier alpha value is -4.30. The lowest BCUT2D eigenvalue weighted by atomic mass is 9.82. The molecule has 2 atom stereocenters. The summed E-state index contributed by atoms with van der Waals surface area (Å²) in [4.78, 5) is 11.6. The van der Waals surface area contributed by atoms with E-state index in [-0.39, 0.29) is 18.2 Å². The lowest BCUT2D eigenvalue weighted by molar-refractivity contribution is -0.137. The number of hydrogen-bond acceptors (Lipinski definition) is 7. The molecule has 0 radical (unpaired) electrons. The Labute approximate surface area is 285 Å². The molecule has 4 aromatic rings. The van der Waals surface area contributed by atoms with Crippen molar-refractivity contribution in [2.45, 2.75) is 48.8 Å². The van der Waals surface area contributed by atoms with E-state index in [1.54, 1.807) is 30.3 Å². The van der Waals surface area contributed by atoms with Gasteiger partial charge < -0.3 is 19.3 Å². The number of rotatable bonds is 12. The van der Waals surface area contributed by atoms with Crippen molar-refractivity contribution in [2.24, 2.45) is 0 Å². The van der Waals surface area contributed by atoms with Gasteiger partial charge in [0.05, 0.1) is 26.3 Å². The van der Waals surface area contributed by atoms with E-state index in [0.29, 0.717) is 55.0 Å². The molecule has 1 aliphatic rings. The highest BCUT2D eigenvalue weighted by Crippen LogP contribution is 2.37. The Morgan fingerprint density at radius 1 is 0.959 bits per heavy atom. The third kappa shape index (κ3) is 8.13. The summed E-state index contributed by atoms with van der Waals surface area (Å²) >= 11 is 0. The fraction of sp³-hybridized carbons (Fsp3) is 0.371. The molecule has 3 aromatic carbocycles. The highest BCUT2D eigenvalue weighted by Gasteiger charge is 2.38. The summed E-state index contributed by atoms with van der Waals surface area (Å²) in [6, 6.07) is 14.2. The van der Waals surface area contributed by atoms with Gasteiger partial charge in [-0.2, -0.15) is 13.2 Å². The first kappa shape index (κ1) is 36.0. The lowest BCUT2D eigenvalue weighted by Gasteiger charge is -2.48. The average molecular weight is 704 g/mol. The number of ether oxygens (including phenoxy) is 2. The predicted molar refractivity (Wildman–Crippen MR) is 178 cm³/mol. The Morgan fingerprint density at radius 3 is 2.31 bits per heavy atom. The summed E-state index contributed by atoms with van der Waals surface area (Å²) in [5, 5.41) is 0. The van der Waals surface area contributed by atoms with Crippen LogP contribution in [-0.2, 0) is 30.1 Å². The van der Waals surface area contributed by atoms with E-state index in [0.717, 1.165) is 12.5 Å². The van der Waals surface area contributed by atoms with Gasteiger partial charge in [0.2, 0.25) is 5.95 Å². The molecule has 49 heavy (non-hydrogen) atoms. The second-order valence-corrected chi connectivity index (χ2v) is 13.4. The molecule has 0 aliphatic carbocycles. The van der Waals surface area contributed by atoms with E-state index in [1.165, 1.54) is 55.2 Å². The second-order valence-electron chi connectivity index (χ2n) is 12.1. The molecule has 1 fully saturated rings. The molecule has 0 bridgehead atoms. The van der Waals surface area contributed by atoms with Gasteiger partial charge in [-0.1, -0.05) is 18.2 Å². The van der Waals surface area contributed by atoms with E-state index in [2.05, 4.69) is 9.97 Å². The van der Waals surface area contributed by atoms with E-state index < -0.39 is 44.8 Å². The van der Waals surface area contributed by atoms with Crippen LogP contribution in [0, 0.1) is 11.6 Å². The molecule has 1 aromatic heterocycles. The zero-order valence-corrected chi connectivity index (χ0v) is 28.5. The van der Waals surface area contributed by atoms with Crippen molar-refractivity contribution >= 4 is 22.6 Å². The molecule has 14 heteroatoms. The number of alkyl halides is 3. The predicted octanol–water partition coefficient (Wildman–Crippen LogP) is 7.05. The van der Waals surface area contributed by atoms with Crippen LogP contribution in [0.3, 0.4) is 0 Å². The van der Waals surface area contributed by atoms with Crippen molar-refractivity contribution in [3.63, 3.8) is 0 Å². The molecular weight excluding hydrogens is 665 g/mol. The molecule has 2 heterocycles. The highest BCUT2D eigenvalue weighted by molar-refractivity contribution is 7.86. The normalized spacial score (nSPS) is 17.2. The van der Waals surface area contributed by atoms with Crippen LogP contribution in [0.15, 0.2) is 78.0 Å². The third-order valence-electron chi connectivity index (χ3n) is 8.94. The Morgan fingerprint density at radius 2 is 1.67 bits per heavy atom. The zero-order valence-electron chi connectivity index (χ0n) is 27.6. The number of nitrogens with zero attached hydrogens (tertiary/aromatic N) is 5. The van der Waals surface area contributed by atoms with Gasteiger partial charge in [0.1, 0.15) is 28.0 Å². The summed E-state index contributed by atoms with van der Waals surface area (Å²) < 4.78 is 97.8. The third-order valence-corrected chi connectivity index (χ3v) is 10.4. The first-order valence-electron chi connectivity index (χ1n) is 15.6. The minimum Gasteiger partial charge on any atom is -0.497 e. The van der Waals surface area contributed by atoms with Crippen molar-refractivity contribution < 1.29 is 35.6 Å². The average Bonchev–Trinajstić information content (AvgIpc) is 3.09. The molecule has 2 unspecified atom stereocenters. The maximum absolute atomic E-state index is 16.0. The van der Waals surface area contributed by atoms with E-state index in [1.807, 2.05) is 23.9 Å². The number of hydrogen-bond donors (Lipinski definition) is 0. The summed E-state index contributed by atoms with van der Waals surface area (Å²) in [6.45, 7) is 0.803. The zero-order chi connectivity index (χ0) is 35.3. The molecule has 8 nitrogen and oxygen atoms in total. The lowest BCUT2D eigenvalue weighted by Crippen LogP contribution is -2.56. The van der Waals surface area contributed by atoms with Crippen molar-refractivity contribution in [1.29, 1.82) is 0 Å². The fourth-order valence-corrected chi connectivity index (χ4v) is 7.34. The van der Waals surface area contributed by atoms with Gasteiger partial charge in [0.25, 0.3) is 0 Å². The number of aryl methyl sites for hydroxylation is 1. The van der Waals surface area contributed by atoms with Crippen molar-refractivity contribution in [1.82, 2.24) is 14.9 Å². The number of benzene rings is 3. The summed E-state index contributed by atoms with van der Waals surface area (Å²) in [5.41, 5.74) is 0.231. The molecule has 1 saturated heterocycles. The molecule has 0 saturated carbocycles. The van der Waals surface area contributed by atoms with Crippen LogP contribution in [-0.4, -0.2) is 66.0 Å². The number of halogens is 5. The van der Waals surface area contributed by atoms with Gasteiger partial charge in [-0.25, -0.2) is 23.0 Å². The van der Waals surface area contributed by atoms with Crippen molar-refractivity contribution in [3.8, 4) is 11.5 Å². The van der Waals surface area contributed by atoms with E-state index >= 15 is 8.78 Å². The second kappa shape index (κ2) is 15.1. The number of anilines is 2. The van der Waals surface area contributed by atoms with E-state index in [9.17, 15) is 17.4 Å². The topological polar surface area (TPSA) is 71.0 Å². The van der Waals surface area contributed by atoms with Gasteiger partial charge in [0.15, 0.2) is 11.0 Å². The van der Waals surface area contributed by atoms with Gasteiger partial charge in [0, 0.05) is 48.3 Å². The first-order chi connectivity index (χ1) is 23.3. The number of likely N-dealkylation sites (N-methyl/N-ethyl adjacent to an activating group) is 1. The molecule has 0 amide bonds. The minimum atomic E-state index is -4.44. The standard InChI is InChI=1S/C35H38F5N5O3S/c1-43(2)34(14-12-24-8-5-9-26(18-24)35(38,39)40)13-6-17-44(23-34)27-19-29(36)32(30(37)20-27)49(46)45(33-41-15-7-16-42-33)22-25-10-11-28(47-3)21-31(25)48-4/h5,7-11,15-16,18-21H,6,12-14,17,22-23H2,1-4H3. The van der Waals surface area contributed by atoms with Crippen LogP contribution in [0.1, 0.15) is 36.0 Å². The van der Waals surface area contributed by atoms with Crippen molar-refractivity contribution in [2.75, 3.05) is 50.6 Å². The van der Waals surface area contributed by atoms with Gasteiger partial charge in [-0.3, -0.25) is 4.31 Å². The largest absolute Gasteiger partial charge is 0.497 e. The van der Waals surface area contributed by atoms with Gasteiger partial charge in [-0.15, -0.1) is 0 Å². The van der Waals surface area contributed by atoms with Gasteiger partial charge >= 0.3 is 6.18 Å². The quantitative estimate of drug-likeness (QED) is 0.147.